The van der Waals surface area contributed by atoms with E-state index in [1.165, 1.54) is 64.7 Å². The molecule has 2 heteroatoms. The average Bonchev–Trinajstić information content (AvgIpc) is 2.70. The Balaban J connectivity index is 1.62. The minimum atomic E-state index is 0.703. The predicted molar refractivity (Wildman–Crippen MR) is 72.2 cm³/mol. The summed E-state index contributed by atoms with van der Waals surface area (Å²) in [6.07, 6.45) is 8.73. The molecule has 0 bridgehead atoms. The second-order valence-electron chi connectivity index (χ2n) is 6.78. The van der Waals surface area contributed by atoms with Gasteiger partial charge in [0.2, 0.25) is 0 Å². The molecule has 3 rings (SSSR count). The van der Waals surface area contributed by atoms with Crippen LogP contribution >= 0.6 is 0 Å². The Morgan fingerprint density at radius 3 is 2.65 bits per heavy atom. The molecule has 1 saturated carbocycles. The van der Waals surface area contributed by atoms with Gasteiger partial charge < -0.3 is 0 Å². The molecule has 17 heavy (non-hydrogen) atoms. The molecule has 0 N–H and O–H groups in total. The minimum absolute atomic E-state index is 0.703. The van der Waals surface area contributed by atoms with Crippen LogP contribution in [-0.2, 0) is 0 Å². The van der Waals surface area contributed by atoms with Gasteiger partial charge in [0.1, 0.15) is 0 Å². The Morgan fingerprint density at radius 1 is 1.18 bits per heavy atom. The summed E-state index contributed by atoms with van der Waals surface area (Å²) in [5, 5.41) is 0. The lowest BCUT2D eigenvalue weighted by atomic mass is 9.66. The fourth-order valence-electron chi connectivity index (χ4n) is 4.20. The molecule has 2 atom stereocenters. The van der Waals surface area contributed by atoms with E-state index in [0.29, 0.717) is 5.41 Å². The number of hydrogen-bond donors (Lipinski definition) is 0. The van der Waals surface area contributed by atoms with Crippen LogP contribution < -0.4 is 0 Å². The first-order chi connectivity index (χ1) is 8.22. The molecule has 98 valence electrons. The zero-order chi connectivity index (χ0) is 11.9. The molecule has 3 aliphatic rings. The summed E-state index contributed by atoms with van der Waals surface area (Å²) in [6.45, 7) is 10.3. The Morgan fingerprint density at radius 2 is 2.00 bits per heavy atom. The van der Waals surface area contributed by atoms with Gasteiger partial charge in [0, 0.05) is 31.7 Å². The third-order valence-electron chi connectivity index (χ3n) is 5.77. The van der Waals surface area contributed by atoms with Crippen LogP contribution in [-0.4, -0.2) is 48.1 Å². The molecule has 2 heterocycles. The summed E-state index contributed by atoms with van der Waals surface area (Å²) >= 11 is 0. The van der Waals surface area contributed by atoms with Gasteiger partial charge in [0.05, 0.1) is 0 Å². The third-order valence-corrected chi connectivity index (χ3v) is 5.77. The molecule has 3 fully saturated rings. The molecule has 0 amide bonds. The smallest absolute Gasteiger partial charge is 0.0224 e. The van der Waals surface area contributed by atoms with Crippen molar-refractivity contribution in [1.82, 2.24) is 9.80 Å². The van der Waals surface area contributed by atoms with Crippen molar-refractivity contribution in [3.63, 3.8) is 0 Å². The highest BCUT2D eigenvalue weighted by atomic mass is 15.3. The first kappa shape index (κ1) is 12.0. The van der Waals surface area contributed by atoms with Gasteiger partial charge in [0.15, 0.2) is 0 Å². The molecule has 0 spiro atoms. The van der Waals surface area contributed by atoms with Crippen molar-refractivity contribution in [1.29, 1.82) is 0 Å². The molecule has 0 radical (unpaired) electrons. The summed E-state index contributed by atoms with van der Waals surface area (Å²) in [5.41, 5.74) is 0.703. The summed E-state index contributed by atoms with van der Waals surface area (Å²) in [7, 11) is 0. The molecule has 2 aliphatic heterocycles. The monoisotopic (exact) mass is 236 g/mol. The zero-order valence-electron chi connectivity index (χ0n) is 11.6. The SMILES string of the molecule is CCC1(CN2CC3CCCN3CC2C)CCC1. The van der Waals surface area contributed by atoms with Gasteiger partial charge in [-0.1, -0.05) is 13.3 Å². The molecule has 2 unspecified atom stereocenters. The van der Waals surface area contributed by atoms with Crippen molar-refractivity contribution in [2.75, 3.05) is 26.2 Å². The van der Waals surface area contributed by atoms with E-state index in [-0.39, 0.29) is 0 Å². The zero-order valence-corrected chi connectivity index (χ0v) is 11.6. The minimum Gasteiger partial charge on any atom is -0.298 e. The second-order valence-corrected chi connectivity index (χ2v) is 6.78. The highest BCUT2D eigenvalue weighted by Crippen LogP contribution is 2.45. The van der Waals surface area contributed by atoms with Gasteiger partial charge in [-0.3, -0.25) is 9.80 Å². The summed E-state index contributed by atoms with van der Waals surface area (Å²) < 4.78 is 0. The number of fused-ring (bicyclic) bond motifs is 1. The summed E-state index contributed by atoms with van der Waals surface area (Å²) in [6, 6.07) is 1.67. The Kier molecular flexibility index (Phi) is 3.20. The van der Waals surface area contributed by atoms with Gasteiger partial charge >= 0.3 is 0 Å². The lowest BCUT2D eigenvalue weighted by Crippen LogP contribution is -2.57. The molecule has 0 aromatic heterocycles. The first-order valence-corrected chi connectivity index (χ1v) is 7.70. The fourth-order valence-corrected chi connectivity index (χ4v) is 4.20. The molecule has 2 saturated heterocycles. The van der Waals surface area contributed by atoms with Crippen molar-refractivity contribution in [2.45, 2.75) is 64.5 Å². The van der Waals surface area contributed by atoms with Crippen LogP contribution in [0.5, 0.6) is 0 Å². The van der Waals surface area contributed by atoms with Crippen LogP contribution in [0.25, 0.3) is 0 Å². The molecular formula is C15H28N2. The Labute approximate surface area is 106 Å². The molecule has 0 aromatic rings. The van der Waals surface area contributed by atoms with E-state index in [0.717, 1.165) is 12.1 Å². The molecule has 1 aliphatic carbocycles. The number of hydrogen-bond acceptors (Lipinski definition) is 2. The standard InChI is InChI=1S/C15H28N2/c1-3-15(7-5-8-15)12-17-11-14-6-4-9-16(14)10-13(17)2/h13-14H,3-12H2,1-2H3. The maximum absolute atomic E-state index is 2.81. The van der Waals surface area contributed by atoms with Gasteiger partial charge in [-0.2, -0.15) is 0 Å². The number of nitrogens with zero attached hydrogens (tertiary/aromatic N) is 2. The summed E-state index contributed by atoms with van der Waals surface area (Å²) in [5.74, 6) is 0. The molecular weight excluding hydrogens is 208 g/mol. The normalized spacial score (nSPS) is 37.8. The predicted octanol–water partition coefficient (Wildman–Crippen LogP) is 2.74. The topological polar surface area (TPSA) is 6.48 Å². The van der Waals surface area contributed by atoms with E-state index >= 15 is 0 Å². The van der Waals surface area contributed by atoms with E-state index in [1.807, 2.05) is 0 Å². The Hall–Kier alpha value is -0.0800. The van der Waals surface area contributed by atoms with Crippen LogP contribution in [0.4, 0.5) is 0 Å². The van der Waals surface area contributed by atoms with Gasteiger partial charge in [-0.15, -0.1) is 0 Å². The van der Waals surface area contributed by atoms with Crippen LogP contribution in [0.2, 0.25) is 0 Å². The van der Waals surface area contributed by atoms with Crippen molar-refractivity contribution >= 4 is 0 Å². The maximum atomic E-state index is 2.81. The lowest BCUT2D eigenvalue weighted by molar-refractivity contribution is -0.00490. The van der Waals surface area contributed by atoms with Crippen molar-refractivity contribution in [3.8, 4) is 0 Å². The quantitative estimate of drug-likeness (QED) is 0.743. The van der Waals surface area contributed by atoms with Crippen molar-refractivity contribution in [3.05, 3.63) is 0 Å². The van der Waals surface area contributed by atoms with E-state index in [9.17, 15) is 0 Å². The van der Waals surface area contributed by atoms with Crippen molar-refractivity contribution < 1.29 is 0 Å². The molecule has 0 aromatic carbocycles. The summed E-state index contributed by atoms with van der Waals surface area (Å²) in [4.78, 5) is 5.55. The maximum Gasteiger partial charge on any atom is 0.0224 e. The van der Waals surface area contributed by atoms with Gasteiger partial charge in [-0.25, -0.2) is 0 Å². The first-order valence-electron chi connectivity index (χ1n) is 7.70. The van der Waals surface area contributed by atoms with Gasteiger partial charge in [0.25, 0.3) is 0 Å². The lowest BCUT2D eigenvalue weighted by Gasteiger charge is -2.50. The third kappa shape index (κ3) is 2.15. The van der Waals surface area contributed by atoms with Gasteiger partial charge in [-0.05, 0) is 51.0 Å². The highest BCUT2D eigenvalue weighted by Gasteiger charge is 2.41. The van der Waals surface area contributed by atoms with Crippen LogP contribution in [0.15, 0.2) is 0 Å². The average molecular weight is 236 g/mol. The van der Waals surface area contributed by atoms with E-state index < -0.39 is 0 Å². The number of piperazine rings is 1. The largest absolute Gasteiger partial charge is 0.298 e. The second kappa shape index (κ2) is 4.55. The van der Waals surface area contributed by atoms with Crippen LogP contribution in [0.1, 0.15) is 52.4 Å². The van der Waals surface area contributed by atoms with Crippen LogP contribution in [0.3, 0.4) is 0 Å². The van der Waals surface area contributed by atoms with E-state index in [2.05, 4.69) is 23.6 Å². The van der Waals surface area contributed by atoms with Crippen molar-refractivity contribution in [2.24, 2.45) is 5.41 Å². The molecule has 2 nitrogen and oxygen atoms in total. The van der Waals surface area contributed by atoms with E-state index in [4.69, 9.17) is 0 Å². The van der Waals surface area contributed by atoms with Crippen LogP contribution in [0, 0.1) is 5.41 Å². The Bertz CT molecular complexity index is 267. The highest BCUT2D eigenvalue weighted by molar-refractivity contribution is 4.95. The van der Waals surface area contributed by atoms with E-state index in [1.54, 1.807) is 0 Å². The fraction of sp³-hybridized carbons (Fsp3) is 1.00. The number of rotatable bonds is 3.